The van der Waals surface area contributed by atoms with Crippen LogP contribution >= 0.6 is 11.8 Å². The standard InChI is InChI=1S/C18H23N3O6S/c1-12(16(23)21-9-7-20-18(21)25)27-17(24)13-5-3-4-6-14(13)28-11-15(22)19-8-10-26-2/h3-6,12H,7-11H2,1-2H3,(H,19,22)(H,20,25)/t12-/m0/s1. The molecule has 1 atom stereocenters. The summed E-state index contributed by atoms with van der Waals surface area (Å²) in [4.78, 5) is 49.8. The van der Waals surface area contributed by atoms with Crippen molar-refractivity contribution >= 4 is 35.6 Å². The number of thioether (sulfide) groups is 1. The van der Waals surface area contributed by atoms with Crippen LogP contribution in [0.15, 0.2) is 29.2 Å². The van der Waals surface area contributed by atoms with Crippen molar-refractivity contribution < 1.29 is 28.7 Å². The molecule has 1 aromatic carbocycles. The zero-order valence-electron chi connectivity index (χ0n) is 15.7. The van der Waals surface area contributed by atoms with Gasteiger partial charge in [-0.25, -0.2) is 9.59 Å². The third-order valence-electron chi connectivity index (χ3n) is 3.85. The third kappa shape index (κ3) is 5.96. The Morgan fingerprint density at radius 3 is 2.75 bits per heavy atom. The van der Waals surface area contributed by atoms with Crippen molar-refractivity contribution in [3.05, 3.63) is 29.8 Å². The number of esters is 1. The lowest BCUT2D eigenvalue weighted by Crippen LogP contribution is -2.41. The van der Waals surface area contributed by atoms with Crippen molar-refractivity contribution in [1.29, 1.82) is 0 Å². The van der Waals surface area contributed by atoms with Gasteiger partial charge in [0.05, 0.1) is 17.9 Å². The van der Waals surface area contributed by atoms with Gasteiger partial charge in [0.2, 0.25) is 5.91 Å². The predicted octanol–water partition coefficient (Wildman–Crippen LogP) is 0.638. The molecule has 0 saturated carbocycles. The summed E-state index contributed by atoms with van der Waals surface area (Å²) in [6.07, 6.45) is -1.10. The van der Waals surface area contributed by atoms with Crippen molar-refractivity contribution in [3.63, 3.8) is 0 Å². The van der Waals surface area contributed by atoms with Gasteiger partial charge in [-0.3, -0.25) is 14.5 Å². The average molecular weight is 409 g/mol. The van der Waals surface area contributed by atoms with E-state index >= 15 is 0 Å². The maximum absolute atomic E-state index is 12.5. The molecule has 0 aliphatic carbocycles. The Bertz CT molecular complexity index is 742. The normalized spacial score (nSPS) is 14.4. The zero-order valence-corrected chi connectivity index (χ0v) is 16.5. The predicted molar refractivity (Wildman–Crippen MR) is 102 cm³/mol. The van der Waals surface area contributed by atoms with Crippen LogP contribution in [0.25, 0.3) is 0 Å². The lowest BCUT2D eigenvalue weighted by Gasteiger charge is -2.18. The van der Waals surface area contributed by atoms with Crippen LogP contribution in [0.2, 0.25) is 0 Å². The van der Waals surface area contributed by atoms with E-state index < -0.39 is 24.0 Å². The van der Waals surface area contributed by atoms with E-state index in [2.05, 4.69) is 10.6 Å². The molecule has 0 aromatic heterocycles. The van der Waals surface area contributed by atoms with Crippen molar-refractivity contribution in [2.24, 2.45) is 0 Å². The van der Waals surface area contributed by atoms with Gasteiger partial charge in [0.15, 0.2) is 6.10 Å². The number of urea groups is 1. The molecule has 1 aromatic rings. The van der Waals surface area contributed by atoms with E-state index in [1.165, 1.54) is 18.7 Å². The molecule has 4 amide bonds. The minimum atomic E-state index is -1.10. The summed E-state index contributed by atoms with van der Waals surface area (Å²) in [6.45, 7) is 2.86. The second-order valence-corrected chi connectivity index (χ2v) is 6.91. The molecule has 0 unspecified atom stereocenters. The van der Waals surface area contributed by atoms with E-state index in [0.717, 1.165) is 4.90 Å². The smallest absolute Gasteiger partial charge is 0.340 e. The highest BCUT2D eigenvalue weighted by Crippen LogP contribution is 2.23. The second kappa shape index (κ2) is 10.7. The van der Waals surface area contributed by atoms with E-state index in [4.69, 9.17) is 9.47 Å². The molecule has 1 heterocycles. The first-order valence-electron chi connectivity index (χ1n) is 8.71. The molecule has 2 rings (SSSR count). The number of rotatable bonds is 9. The summed E-state index contributed by atoms with van der Waals surface area (Å²) in [7, 11) is 1.55. The highest BCUT2D eigenvalue weighted by molar-refractivity contribution is 8.00. The van der Waals surface area contributed by atoms with Gasteiger partial charge in [-0.1, -0.05) is 12.1 Å². The molecule has 1 saturated heterocycles. The molecule has 0 spiro atoms. The number of hydrogen-bond acceptors (Lipinski definition) is 7. The number of hydrogen-bond donors (Lipinski definition) is 2. The van der Waals surface area contributed by atoms with Crippen LogP contribution in [0.5, 0.6) is 0 Å². The van der Waals surface area contributed by atoms with Gasteiger partial charge in [0, 0.05) is 31.6 Å². The fourth-order valence-electron chi connectivity index (χ4n) is 2.42. The molecule has 1 aliphatic rings. The quantitative estimate of drug-likeness (QED) is 0.349. The average Bonchev–Trinajstić information content (AvgIpc) is 3.12. The molecule has 0 radical (unpaired) electrons. The van der Waals surface area contributed by atoms with E-state index in [-0.39, 0.29) is 23.8 Å². The Morgan fingerprint density at radius 2 is 2.07 bits per heavy atom. The van der Waals surface area contributed by atoms with E-state index in [0.29, 0.717) is 24.6 Å². The highest BCUT2D eigenvalue weighted by atomic mass is 32.2. The lowest BCUT2D eigenvalue weighted by atomic mass is 10.2. The Hall–Kier alpha value is -2.59. The van der Waals surface area contributed by atoms with Crippen LogP contribution in [0, 0.1) is 0 Å². The highest BCUT2D eigenvalue weighted by Gasteiger charge is 2.32. The Morgan fingerprint density at radius 1 is 1.32 bits per heavy atom. The van der Waals surface area contributed by atoms with E-state index in [1.807, 2.05) is 0 Å². The first kappa shape index (κ1) is 21.7. The van der Waals surface area contributed by atoms with E-state index in [9.17, 15) is 19.2 Å². The van der Waals surface area contributed by atoms with Crippen LogP contribution in [0.1, 0.15) is 17.3 Å². The van der Waals surface area contributed by atoms with Gasteiger partial charge in [-0.2, -0.15) is 0 Å². The lowest BCUT2D eigenvalue weighted by molar-refractivity contribution is -0.136. The summed E-state index contributed by atoms with van der Waals surface area (Å²) in [5.41, 5.74) is 0.253. The number of nitrogens with zero attached hydrogens (tertiary/aromatic N) is 1. The number of methoxy groups -OCH3 is 1. The van der Waals surface area contributed by atoms with Crippen molar-refractivity contribution in [3.8, 4) is 0 Å². The summed E-state index contributed by atoms with van der Waals surface area (Å²) in [5, 5.41) is 5.22. The van der Waals surface area contributed by atoms with Gasteiger partial charge in [0.25, 0.3) is 5.91 Å². The molecule has 152 valence electrons. The molecule has 1 aliphatic heterocycles. The molecular weight excluding hydrogens is 386 g/mol. The first-order chi connectivity index (χ1) is 13.4. The maximum Gasteiger partial charge on any atom is 0.340 e. The molecule has 10 heteroatoms. The number of imide groups is 1. The SMILES string of the molecule is COCCNC(=O)CSc1ccccc1C(=O)O[C@@H](C)C(=O)N1CCNC1=O. The number of benzene rings is 1. The molecule has 9 nitrogen and oxygen atoms in total. The fraction of sp³-hybridized carbons (Fsp3) is 0.444. The topological polar surface area (TPSA) is 114 Å². The second-order valence-electron chi connectivity index (χ2n) is 5.90. The molecule has 28 heavy (non-hydrogen) atoms. The Balaban J connectivity index is 1.95. The minimum absolute atomic E-state index is 0.121. The molecule has 0 bridgehead atoms. The van der Waals surface area contributed by atoms with Crippen LogP contribution in [-0.2, 0) is 19.1 Å². The van der Waals surface area contributed by atoms with Crippen LogP contribution in [0.4, 0.5) is 4.79 Å². The monoisotopic (exact) mass is 409 g/mol. The number of carbonyl (C=O) groups is 4. The first-order valence-corrected chi connectivity index (χ1v) is 9.70. The zero-order chi connectivity index (χ0) is 20.5. The van der Waals surface area contributed by atoms with Gasteiger partial charge >= 0.3 is 12.0 Å². The van der Waals surface area contributed by atoms with Crippen LogP contribution < -0.4 is 10.6 Å². The fourth-order valence-corrected chi connectivity index (χ4v) is 3.29. The Labute approximate surface area is 167 Å². The van der Waals surface area contributed by atoms with Crippen LogP contribution in [0.3, 0.4) is 0 Å². The van der Waals surface area contributed by atoms with Crippen LogP contribution in [-0.4, -0.2) is 73.9 Å². The number of amides is 4. The van der Waals surface area contributed by atoms with Gasteiger partial charge in [-0.15, -0.1) is 11.8 Å². The van der Waals surface area contributed by atoms with Gasteiger partial charge in [0.1, 0.15) is 0 Å². The number of ether oxygens (including phenoxy) is 2. The van der Waals surface area contributed by atoms with Crippen molar-refractivity contribution in [2.75, 3.05) is 39.1 Å². The summed E-state index contributed by atoms with van der Waals surface area (Å²) >= 11 is 1.19. The minimum Gasteiger partial charge on any atom is -0.449 e. The summed E-state index contributed by atoms with van der Waals surface area (Å²) in [5.74, 6) is -1.33. The summed E-state index contributed by atoms with van der Waals surface area (Å²) in [6, 6.07) is 6.17. The number of carbonyl (C=O) groups excluding carboxylic acids is 4. The van der Waals surface area contributed by atoms with Gasteiger partial charge in [-0.05, 0) is 19.1 Å². The molecule has 2 N–H and O–H groups in total. The molecule has 1 fully saturated rings. The van der Waals surface area contributed by atoms with Crippen molar-refractivity contribution in [2.45, 2.75) is 17.9 Å². The number of nitrogens with one attached hydrogen (secondary N) is 2. The van der Waals surface area contributed by atoms with Gasteiger partial charge < -0.3 is 20.1 Å². The molecular formula is C18H23N3O6S. The van der Waals surface area contributed by atoms with Crippen molar-refractivity contribution in [1.82, 2.24) is 15.5 Å². The summed E-state index contributed by atoms with van der Waals surface area (Å²) < 4.78 is 10.1. The third-order valence-corrected chi connectivity index (χ3v) is 4.92. The maximum atomic E-state index is 12.5. The largest absolute Gasteiger partial charge is 0.449 e. The van der Waals surface area contributed by atoms with E-state index in [1.54, 1.807) is 31.4 Å². The Kier molecular flexibility index (Phi) is 8.27.